The van der Waals surface area contributed by atoms with Gasteiger partial charge >= 0.3 is 0 Å². The Bertz CT molecular complexity index is 941. The van der Waals surface area contributed by atoms with Crippen molar-refractivity contribution in [1.29, 1.82) is 0 Å². The van der Waals surface area contributed by atoms with E-state index < -0.39 is 5.91 Å². The molecular formula is C18H20N6O3. The van der Waals surface area contributed by atoms with E-state index in [1.807, 2.05) is 32.0 Å². The molecule has 0 atom stereocenters. The van der Waals surface area contributed by atoms with Gasteiger partial charge in [-0.2, -0.15) is 0 Å². The zero-order chi connectivity index (χ0) is 19.4. The monoisotopic (exact) mass is 368 g/mol. The first-order valence-corrected chi connectivity index (χ1v) is 8.31. The lowest BCUT2D eigenvalue weighted by atomic mass is 10.1. The number of nitrogens with one attached hydrogen (secondary N) is 2. The SMILES string of the molecule is Cc1cccc(C)c1NC(=O)Cn1nnc(C(=O)NCc2ccco2)c1N. The summed E-state index contributed by atoms with van der Waals surface area (Å²) < 4.78 is 6.33. The molecule has 140 valence electrons. The highest BCUT2D eigenvalue weighted by atomic mass is 16.3. The second-order valence-corrected chi connectivity index (χ2v) is 6.06. The van der Waals surface area contributed by atoms with Crippen LogP contribution in [0, 0.1) is 13.8 Å². The molecule has 0 aliphatic carbocycles. The third-order valence-electron chi connectivity index (χ3n) is 4.03. The van der Waals surface area contributed by atoms with Crippen molar-refractivity contribution >= 4 is 23.3 Å². The van der Waals surface area contributed by atoms with Crippen molar-refractivity contribution in [3.63, 3.8) is 0 Å². The number of para-hydroxylation sites is 1. The fourth-order valence-electron chi connectivity index (χ4n) is 2.59. The van der Waals surface area contributed by atoms with E-state index in [9.17, 15) is 9.59 Å². The number of aryl methyl sites for hydroxylation is 2. The number of benzene rings is 1. The highest BCUT2D eigenvalue weighted by Gasteiger charge is 2.19. The van der Waals surface area contributed by atoms with Gasteiger partial charge in [0.15, 0.2) is 11.5 Å². The first-order valence-electron chi connectivity index (χ1n) is 8.31. The number of hydrogen-bond donors (Lipinski definition) is 3. The molecule has 0 radical (unpaired) electrons. The van der Waals surface area contributed by atoms with Gasteiger partial charge in [-0.1, -0.05) is 23.4 Å². The van der Waals surface area contributed by atoms with E-state index in [4.69, 9.17) is 10.2 Å². The van der Waals surface area contributed by atoms with E-state index in [1.165, 1.54) is 10.9 Å². The minimum Gasteiger partial charge on any atom is -0.467 e. The molecule has 27 heavy (non-hydrogen) atoms. The van der Waals surface area contributed by atoms with Crippen molar-refractivity contribution in [3.05, 3.63) is 59.2 Å². The Morgan fingerprint density at radius 2 is 1.93 bits per heavy atom. The van der Waals surface area contributed by atoms with Gasteiger partial charge < -0.3 is 20.8 Å². The minimum atomic E-state index is -0.495. The van der Waals surface area contributed by atoms with Crippen molar-refractivity contribution in [3.8, 4) is 0 Å². The van der Waals surface area contributed by atoms with Crippen LogP contribution in [0.1, 0.15) is 27.4 Å². The van der Waals surface area contributed by atoms with Gasteiger partial charge in [0.2, 0.25) is 5.91 Å². The maximum Gasteiger partial charge on any atom is 0.276 e. The topological polar surface area (TPSA) is 128 Å². The second-order valence-electron chi connectivity index (χ2n) is 6.06. The molecule has 0 saturated carbocycles. The summed E-state index contributed by atoms with van der Waals surface area (Å²) in [7, 11) is 0. The number of furan rings is 1. The number of carbonyl (C=O) groups excluding carboxylic acids is 2. The summed E-state index contributed by atoms with van der Waals surface area (Å²) in [5, 5.41) is 13.1. The summed E-state index contributed by atoms with van der Waals surface area (Å²) in [6.07, 6.45) is 1.51. The van der Waals surface area contributed by atoms with Gasteiger partial charge in [-0.15, -0.1) is 5.10 Å². The van der Waals surface area contributed by atoms with Crippen LogP contribution in [0.15, 0.2) is 41.0 Å². The van der Waals surface area contributed by atoms with Crippen molar-refractivity contribution in [2.45, 2.75) is 26.9 Å². The summed E-state index contributed by atoms with van der Waals surface area (Å²) in [4.78, 5) is 24.5. The normalized spacial score (nSPS) is 10.6. The van der Waals surface area contributed by atoms with Crippen LogP contribution >= 0.6 is 0 Å². The van der Waals surface area contributed by atoms with E-state index >= 15 is 0 Å². The zero-order valence-electron chi connectivity index (χ0n) is 15.0. The smallest absolute Gasteiger partial charge is 0.276 e. The molecule has 0 unspecified atom stereocenters. The quantitative estimate of drug-likeness (QED) is 0.607. The van der Waals surface area contributed by atoms with Crippen LogP contribution in [0.3, 0.4) is 0 Å². The Labute approximate surface area is 155 Å². The van der Waals surface area contributed by atoms with Gasteiger partial charge in [0, 0.05) is 5.69 Å². The van der Waals surface area contributed by atoms with E-state index in [-0.39, 0.29) is 30.5 Å². The van der Waals surface area contributed by atoms with Gasteiger partial charge in [-0.25, -0.2) is 4.68 Å². The number of nitrogens with zero attached hydrogens (tertiary/aromatic N) is 3. The lowest BCUT2D eigenvalue weighted by molar-refractivity contribution is -0.116. The number of anilines is 2. The van der Waals surface area contributed by atoms with Crippen LogP contribution in [0.5, 0.6) is 0 Å². The van der Waals surface area contributed by atoms with Gasteiger partial charge in [0.1, 0.15) is 12.3 Å². The molecule has 9 heteroatoms. The van der Waals surface area contributed by atoms with E-state index in [2.05, 4.69) is 20.9 Å². The molecule has 0 bridgehead atoms. The molecule has 3 aromatic rings. The first-order chi connectivity index (χ1) is 13.0. The van der Waals surface area contributed by atoms with Gasteiger partial charge in [0.25, 0.3) is 5.91 Å². The van der Waals surface area contributed by atoms with Gasteiger partial charge in [-0.3, -0.25) is 9.59 Å². The van der Waals surface area contributed by atoms with Crippen LogP contribution in [0.25, 0.3) is 0 Å². The molecule has 0 aliphatic rings. The van der Waals surface area contributed by atoms with Crippen LogP contribution < -0.4 is 16.4 Å². The summed E-state index contributed by atoms with van der Waals surface area (Å²) in [5.74, 6) is -0.192. The van der Waals surface area contributed by atoms with E-state index in [0.717, 1.165) is 16.8 Å². The Morgan fingerprint density at radius 3 is 2.59 bits per heavy atom. The minimum absolute atomic E-state index is 0.0172. The Hall–Kier alpha value is -3.62. The third-order valence-corrected chi connectivity index (χ3v) is 4.03. The summed E-state index contributed by atoms with van der Waals surface area (Å²) >= 11 is 0. The molecule has 0 spiro atoms. The summed E-state index contributed by atoms with van der Waals surface area (Å²) in [6.45, 7) is 3.87. The number of rotatable bonds is 6. The van der Waals surface area contributed by atoms with Crippen LogP contribution in [-0.2, 0) is 17.9 Å². The van der Waals surface area contributed by atoms with Gasteiger partial charge in [0.05, 0.1) is 12.8 Å². The zero-order valence-corrected chi connectivity index (χ0v) is 15.0. The van der Waals surface area contributed by atoms with Crippen molar-refractivity contribution in [2.75, 3.05) is 11.1 Å². The van der Waals surface area contributed by atoms with Crippen molar-refractivity contribution < 1.29 is 14.0 Å². The fraction of sp³-hybridized carbons (Fsp3) is 0.222. The number of amides is 2. The maximum atomic E-state index is 12.3. The molecule has 2 aromatic heterocycles. The molecular weight excluding hydrogens is 348 g/mol. The summed E-state index contributed by atoms with van der Waals surface area (Å²) in [6, 6.07) is 9.20. The van der Waals surface area contributed by atoms with E-state index in [1.54, 1.807) is 12.1 Å². The maximum absolute atomic E-state index is 12.3. The molecule has 2 amide bonds. The third kappa shape index (κ3) is 4.14. The molecule has 3 rings (SSSR count). The Kier molecular flexibility index (Phi) is 5.20. The Balaban J connectivity index is 1.64. The first kappa shape index (κ1) is 18.2. The number of nitrogen functional groups attached to an aromatic ring is 1. The second kappa shape index (κ2) is 7.73. The average molecular weight is 368 g/mol. The number of nitrogens with two attached hydrogens (primary N) is 1. The fourth-order valence-corrected chi connectivity index (χ4v) is 2.59. The molecule has 0 saturated heterocycles. The molecule has 4 N–H and O–H groups in total. The standard InChI is InChI=1S/C18H20N6O3/c1-11-5-3-6-12(2)15(11)21-14(25)10-24-17(19)16(22-23-24)18(26)20-9-13-7-4-8-27-13/h3-8H,9-10,19H2,1-2H3,(H,20,26)(H,21,25). The highest BCUT2D eigenvalue weighted by molar-refractivity contribution is 5.97. The lowest BCUT2D eigenvalue weighted by Gasteiger charge is -2.11. The predicted molar refractivity (Wildman–Crippen MR) is 98.9 cm³/mol. The number of aromatic nitrogens is 3. The summed E-state index contributed by atoms with van der Waals surface area (Å²) in [5.41, 5.74) is 8.54. The molecule has 2 heterocycles. The average Bonchev–Trinajstić information content (AvgIpc) is 3.27. The molecule has 0 aliphatic heterocycles. The molecule has 9 nitrogen and oxygen atoms in total. The van der Waals surface area contributed by atoms with E-state index in [0.29, 0.717) is 5.76 Å². The van der Waals surface area contributed by atoms with Crippen LogP contribution in [0.4, 0.5) is 11.5 Å². The Morgan fingerprint density at radius 1 is 1.19 bits per heavy atom. The lowest BCUT2D eigenvalue weighted by Crippen LogP contribution is -2.25. The van der Waals surface area contributed by atoms with Gasteiger partial charge in [-0.05, 0) is 37.1 Å². The largest absolute Gasteiger partial charge is 0.467 e. The number of carbonyl (C=O) groups is 2. The van der Waals surface area contributed by atoms with Crippen molar-refractivity contribution in [2.24, 2.45) is 0 Å². The molecule has 1 aromatic carbocycles. The highest BCUT2D eigenvalue weighted by Crippen LogP contribution is 2.19. The van der Waals surface area contributed by atoms with Crippen LogP contribution in [-0.4, -0.2) is 26.8 Å². The number of hydrogen-bond acceptors (Lipinski definition) is 6. The predicted octanol–water partition coefficient (Wildman–Crippen LogP) is 1.64. The molecule has 0 fully saturated rings. The van der Waals surface area contributed by atoms with Crippen molar-refractivity contribution in [1.82, 2.24) is 20.3 Å². The van der Waals surface area contributed by atoms with Crippen LogP contribution in [0.2, 0.25) is 0 Å².